The van der Waals surface area contributed by atoms with Crippen LogP contribution in [0.2, 0.25) is 0 Å². The second-order valence-electron chi connectivity index (χ2n) is 20.2. The third-order valence-electron chi connectivity index (χ3n) is 16.0. The van der Waals surface area contributed by atoms with E-state index in [4.69, 9.17) is 4.42 Å². The zero-order chi connectivity index (χ0) is 49.8. The Bertz CT molecular complexity index is 4760. The van der Waals surface area contributed by atoms with E-state index >= 15 is 0 Å². The number of rotatable bonds is 6. The second kappa shape index (κ2) is 16.7. The fourth-order valence-corrected chi connectivity index (χ4v) is 12.3. The van der Waals surface area contributed by atoms with Gasteiger partial charge < -0.3 is 9.32 Å². The summed E-state index contributed by atoms with van der Waals surface area (Å²) in [5, 5.41) is 21.2. The molecule has 16 aromatic rings. The van der Waals surface area contributed by atoms with Gasteiger partial charge in [0.05, 0.1) is 0 Å². The van der Waals surface area contributed by atoms with Gasteiger partial charge in [-0.05, 0) is 204 Å². The maximum absolute atomic E-state index is 6.13. The normalized spacial score (nSPS) is 11.9. The van der Waals surface area contributed by atoms with E-state index < -0.39 is 0 Å². The van der Waals surface area contributed by atoms with E-state index in [1.807, 2.05) is 18.3 Å². The van der Waals surface area contributed by atoms with Crippen molar-refractivity contribution in [1.29, 1.82) is 0 Å². The average molecular weight is 965 g/mol. The first-order valence-corrected chi connectivity index (χ1v) is 26.1. The number of aromatic nitrogens is 1. The minimum absolute atomic E-state index is 0.798. The molecular formula is C73H44N2O. The SMILES string of the molecule is c1cnc2c(c1)oc1ccc(-c3ccc(N(c4ccc5cc(-c6ccc7c8ccccc8c8ccccc8c7c6)ccc5c4)c4ccc5cc(-c6ccc7c8ccccc8c8ccccc8c7c6)ccc5c4)cc3)cc12. The number of pyridine rings is 1. The van der Waals surface area contributed by atoms with Crippen molar-refractivity contribution in [3.63, 3.8) is 0 Å². The average Bonchev–Trinajstić information content (AvgIpc) is 3.91. The summed E-state index contributed by atoms with van der Waals surface area (Å²) < 4.78 is 6.13. The molecule has 0 aliphatic rings. The first-order chi connectivity index (χ1) is 37.6. The maximum Gasteiger partial charge on any atom is 0.153 e. The fraction of sp³-hybridized carbons (Fsp3) is 0. The van der Waals surface area contributed by atoms with Crippen LogP contribution in [0.15, 0.2) is 271 Å². The van der Waals surface area contributed by atoms with E-state index in [1.54, 1.807) is 0 Å². The minimum atomic E-state index is 0.798. The van der Waals surface area contributed by atoms with Crippen LogP contribution >= 0.6 is 0 Å². The van der Waals surface area contributed by atoms with Crippen LogP contribution in [0.5, 0.6) is 0 Å². The summed E-state index contributed by atoms with van der Waals surface area (Å²) in [6.45, 7) is 0. The highest BCUT2D eigenvalue weighted by molar-refractivity contribution is 6.27. The first-order valence-electron chi connectivity index (χ1n) is 26.1. The quantitative estimate of drug-likeness (QED) is 0.156. The van der Waals surface area contributed by atoms with Crippen molar-refractivity contribution < 1.29 is 4.42 Å². The van der Waals surface area contributed by atoms with E-state index in [0.717, 1.165) is 50.3 Å². The van der Waals surface area contributed by atoms with Crippen LogP contribution in [-0.4, -0.2) is 4.98 Å². The van der Waals surface area contributed by atoms with Gasteiger partial charge in [-0.25, -0.2) is 0 Å². The molecule has 0 fully saturated rings. The standard InChI is InChI=1S/C73H44N2O/c1-3-14-62-58(10-1)60-12-5-7-16-64(60)68-42-53(27-34-66(62)68)46-19-21-50-40-56(32-25-48(50)38-46)75(55-30-23-45(24-31-55)52-29-36-71-70(44-52)73-72(76-71)18-9-37-74-73)57-33-26-49-39-47(20-22-51(49)41-57)54-28-35-67-63-15-4-2-11-59(63)61-13-6-8-17-65(61)69(67)43-54/h1-44H. The zero-order valence-electron chi connectivity index (χ0n) is 41.2. The van der Waals surface area contributed by atoms with Crippen LogP contribution in [-0.2, 0) is 0 Å². The number of hydrogen-bond donors (Lipinski definition) is 0. The third-order valence-corrected chi connectivity index (χ3v) is 16.0. The summed E-state index contributed by atoms with van der Waals surface area (Å²) >= 11 is 0. The summed E-state index contributed by atoms with van der Waals surface area (Å²) in [6, 6.07) is 95.9. The van der Waals surface area contributed by atoms with Crippen molar-refractivity contribution in [3.8, 4) is 33.4 Å². The molecular weight excluding hydrogens is 921 g/mol. The topological polar surface area (TPSA) is 29.3 Å². The fourth-order valence-electron chi connectivity index (χ4n) is 12.3. The number of benzene rings is 14. The largest absolute Gasteiger partial charge is 0.454 e. The molecule has 3 nitrogen and oxygen atoms in total. The Kier molecular flexibility index (Phi) is 9.33. The molecule has 352 valence electrons. The van der Waals surface area contributed by atoms with Crippen LogP contribution in [0.4, 0.5) is 17.1 Å². The molecule has 0 radical (unpaired) electrons. The second-order valence-corrected chi connectivity index (χ2v) is 20.2. The molecule has 0 saturated heterocycles. The van der Waals surface area contributed by atoms with Crippen molar-refractivity contribution in [2.45, 2.75) is 0 Å². The molecule has 0 aliphatic heterocycles. The van der Waals surface area contributed by atoms with Gasteiger partial charge in [0.1, 0.15) is 11.1 Å². The summed E-state index contributed by atoms with van der Waals surface area (Å²) in [5.41, 5.74) is 12.8. The van der Waals surface area contributed by atoms with Crippen molar-refractivity contribution in [2.24, 2.45) is 0 Å². The number of fused-ring (bicyclic) bond motifs is 17. The molecule has 0 bridgehead atoms. The molecule has 0 saturated carbocycles. The molecule has 16 rings (SSSR count). The Labute approximate surface area is 437 Å². The van der Waals surface area contributed by atoms with Gasteiger partial charge >= 0.3 is 0 Å². The lowest BCUT2D eigenvalue weighted by Gasteiger charge is -2.26. The van der Waals surface area contributed by atoms with Gasteiger partial charge in [-0.3, -0.25) is 4.98 Å². The number of nitrogens with zero attached hydrogens (tertiary/aromatic N) is 2. The number of hydrogen-bond acceptors (Lipinski definition) is 3. The lowest BCUT2D eigenvalue weighted by atomic mass is 9.91. The third kappa shape index (κ3) is 6.73. The van der Waals surface area contributed by atoms with Gasteiger partial charge in [-0.1, -0.05) is 176 Å². The highest BCUT2D eigenvalue weighted by atomic mass is 16.3. The predicted octanol–water partition coefficient (Wildman–Crippen LogP) is 20.7. The van der Waals surface area contributed by atoms with Crippen molar-refractivity contribution in [3.05, 3.63) is 267 Å². The van der Waals surface area contributed by atoms with Gasteiger partial charge in [-0.2, -0.15) is 0 Å². The summed E-state index contributed by atoms with van der Waals surface area (Å²) in [4.78, 5) is 7.04. The van der Waals surface area contributed by atoms with Crippen LogP contribution in [0.25, 0.3) is 142 Å². The van der Waals surface area contributed by atoms with Gasteiger partial charge in [-0.15, -0.1) is 0 Å². The van der Waals surface area contributed by atoms with E-state index in [0.29, 0.717) is 0 Å². The zero-order valence-corrected chi connectivity index (χ0v) is 41.2. The lowest BCUT2D eigenvalue weighted by molar-refractivity contribution is 0.668. The molecule has 0 atom stereocenters. The highest BCUT2D eigenvalue weighted by Gasteiger charge is 2.18. The number of anilines is 3. The molecule has 14 aromatic carbocycles. The van der Waals surface area contributed by atoms with E-state index in [-0.39, 0.29) is 0 Å². The Morgan fingerprint density at radius 1 is 0.237 bits per heavy atom. The smallest absolute Gasteiger partial charge is 0.153 e. The minimum Gasteiger partial charge on any atom is -0.454 e. The number of furan rings is 1. The van der Waals surface area contributed by atoms with Crippen molar-refractivity contribution in [1.82, 2.24) is 4.98 Å². The van der Waals surface area contributed by atoms with Crippen LogP contribution in [0, 0.1) is 0 Å². The molecule has 0 aliphatic carbocycles. The molecule has 2 aromatic heterocycles. The molecule has 0 unspecified atom stereocenters. The summed E-state index contributed by atoms with van der Waals surface area (Å²) in [5.74, 6) is 0. The van der Waals surface area contributed by atoms with Gasteiger partial charge in [0, 0.05) is 28.6 Å². The molecule has 76 heavy (non-hydrogen) atoms. The Morgan fingerprint density at radius 2 is 0.592 bits per heavy atom. The van der Waals surface area contributed by atoms with Crippen LogP contribution in [0.3, 0.4) is 0 Å². The van der Waals surface area contributed by atoms with Crippen molar-refractivity contribution in [2.75, 3.05) is 4.90 Å². The molecule has 0 N–H and O–H groups in total. The van der Waals surface area contributed by atoms with Crippen LogP contribution in [0.1, 0.15) is 0 Å². The lowest BCUT2D eigenvalue weighted by Crippen LogP contribution is -2.10. The molecule has 0 amide bonds. The van der Waals surface area contributed by atoms with Crippen molar-refractivity contribution >= 4 is 125 Å². The first kappa shape index (κ1) is 42.4. The molecule has 0 spiro atoms. The molecule has 2 heterocycles. The van der Waals surface area contributed by atoms with Gasteiger partial charge in [0.25, 0.3) is 0 Å². The monoisotopic (exact) mass is 964 g/mol. The Balaban J connectivity index is 0.790. The van der Waals surface area contributed by atoms with Gasteiger partial charge in [0.15, 0.2) is 5.58 Å². The van der Waals surface area contributed by atoms with E-state index in [2.05, 4.69) is 259 Å². The van der Waals surface area contributed by atoms with Crippen LogP contribution < -0.4 is 4.90 Å². The van der Waals surface area contributed by atoms with E-state index in [1.165, 1.54) is 108 Å². The summed E-state index contributed by atoms with van der Waals surface area (Å²) in [6.07, 6.45) is 1.83. The Hall–Kier alpha value is -10.1. The highest BCUT2D eigenvalue weighted by Crippen LogP contribution is 2.43. The van der Waals surface area contributed by atoms with Gasteiger partial charge in [0.2, 0.25) is 0 Å². The maximum atomic E-state index is 6.13. The molecule has 3 heteroatoms. The Morgan fingerprint density at radius 3 is 1.09 bits per heavy atom. The summed E-state index contributed by atoms with van der Waals surface area (Å²) in [7, 11) is 0. The predicted molar refractivity (Wildman–Crippen MR) is 323 cm³/mol. The van der Waals surface area contributed by atoms with E-state index in [9.17, 15) is 0 Å².